The van der Waals surface area contributed by atoms with Crippen LogP contribution in [0.2, 0.25) is 0 Å². The molecule has 0 aromatic heterocycles. The Hall–Kier alpha value is -1.83. The van der Waals surface area contributed by atoms with Crippen molar-refractivity contribution in [2.45, 2.75) is 32.8 Å². The summed E-state index contributed by atoms with van der Waals surface area (Å²) in [5, 5.41) is 11.5. The Labute approximate surface area is 120 Å². The largest absolute Gasteiger partial charge is 0.384 e. The first-order chi connectivity index (χ1) is 9.56. The summed E-state index contributed by atoms with van der Waals surface area (Å²) in [7, 11) is 1.64. The summed E-state index contributed by atoms with van der Waals surface area (Å²) >= 11 is 0. The van der Waals surface area contributed by atoms with Crippen LogP contribution in [0.1, 0.15) is 30.9 Å². The van der Waals surface area contributed by atoms with Crippen molar-refractivity contribution in [2.75, 3.05) is 19.0 Å². The first kappa shape index (κ1) is 16.2. The Morgan fingerprint density at radius 2 is 2.25 bits per heavy atom. The van der Waals surface area contributed by atoms with E-state index in [9.17, 15) is 4.79 Å². The lowest BCUT2D eigenvalue weighted by molar-refractivity contribution is -0.116. The molecule has 0 fully saturated rings. The molecule has 1 amide bonds. The van der Waals surface area contributed by atoms with Crippen LogP contribution < -0.4 is 5.32 Å². The van der Waals surface area contributed by atoms with Crippen LogP contribution in [0.4, 0.5) is 5.69 Å². The Bertz CT molecular complexity index is 514. The van der Waals surface area contributed by atoms with Crippen LogP contribution in [0.3, 0.4) is 0 Å². The van der Waals surface area contributed by atoms with Crippen LogP contribution in [0.15, 0.2) is 18.2 Å². The summed E-state index contributed by atoms with van der Waals surface area (Å²) in [6, 6.07) is 5.54. The number of amides is 1. The van der Waals surface area contributed by atoms with Crippen molar-refractivity contribution >= 4 is 11.6 Å². The molecule has 0 heterocycles. The minimum Gasteiger partial charge on any atom is -0.384 e. The molecule has 1 rings (SSSR count). The number of aryl methyl sites for hydroxylation is 1. The second-order valence-corrected chi connectivity index (χ2v) is 4.62. The van der Waals surface area contributed by atoms with Gasteiger partial charge in [0.05, 0.1) is 6.10 Å². The molecule has 1 aromatic carbocycles. The highest BCUT2D eigenvalue weighted by Crippen LogP contribution is 2.16. The summed E-state index contributed by atoms with van der Waals surface area (Å²) in [6.07, 6.45) is 1.21. The number of aliphatic hydroxyl groups is 1. The molecule has 0 spiro atoms. The Balaban J connectivity index is 2.62. The Kier molecular flexibility index (Phi) is 6.78. The fourth-order valence-electron chi connectivity index (χ4n) is 1.69. The van der Waals surface area contributed by atoms with Gasteiger partial charge in [-0.3, -0.25) is 4.79 Å². The maximum absolute atomic E-state index is 11.8. The molecule has 4 heteroatoms. The molecule has 2 N–H and O–H groups in total. The van der Waals surface area contributed by atoms with E-state index in [2.05, 4.69) is 17.2 Å². The predicted octanol–water partition coefficient (Wildman–Crippen LogP) is 2.09. The van der Waals surface area contributed by atoms with Crippen LogP contribution in [-0.4, -0.2) is 30.8 Å². The van der Waals surface area contributed by atoms with Gasteiger partial charge in [-0.05, 0) is 44.0 Å². The Morgan fingerprint density at radius 1 is 1.50 bits per heavy atom. The number of carbonyl (C=O) groups is 1. The van der Waals surface area contributed by atoms with Gasteiger partial charge in [0.25, 0.3) is 0 Å². The maximum Gasteiger partial charge on any atom is 0.224 e. The van der Waals surface area contributed by atoms with Crippen molar-refractivity contribution < 1.29 is 14.6 Å². The minimum atomic E-state index is -0.158. The quantitative estimate of drug-likeness (QED) is 0.809. The van der Waals surface area contributed by atoms with Gasteiger partial charge in [0.1, 0.15) is 6.61 Å². The molecule has 20 heavy (non-hydrogen) atoms. The van der Waals surface area contributed by atoms with Crippen molar-refractivity contribution in [3.05, 3.63) is 29.3 Å². The number of anilines is 1. The molecule has 1 aromatic rings. The molecule has 0 aliphatic rings. The molecule has 1 unspecified atom stereocenters. The van der Waals surface area contributed by atoms with Gasteiger partial charge >= 0.3 is 0 Å². The normalized spacial score (nSPS) is 11.4. The highest BCUT2D eigenvalue weighted by Gasteiger charge is 2.07. The second kappa shape index (κ2) is 8.36. The van der Waals surface area contributed by atoms with Gasteiger partial charge in [-0.2, -0.15) is 0 Å². The lowest BCUT2D eigenvalue weighted by atomic mass is 10.1. The van der Waals surface area contributed by atoms with Crippen molar-refractivity contribution in [3.63, 3.8) is 0 Å². The van der Waals surface area contributed by atoms with E-state index in [0.29, 0.717) is 12.8 Å². The third kappa shape index (κ3) is 5.43. The minimum absolute atomic E-state index is 0.0220. The molecule has 108 valence electrons. The third-order valence-electron chi connectivity index (χ3n) is 2.99. The number of rotatable bonds is 5. The topological polar surface area (TPSA) is 58.6 Å². The average molecular weight is 275 g/mol. The first-order valence-electron chi connectivity index (χ1n) is 6.60. The third-order valence-corrected chi connectivity index (χ3v) is 2.99. The molecular weight excluding hydrogens is 254 g/mol. The molecule has 0 aliphatic carbocycles. The zero-order valence-corrected chi connectivity index (χ0v) is 12.2. The number of carbonyl (C=O) groups excluding carboxylic acids is 1. The number of hydrogen-bond acceptors (Lipinski definition) is 3. The second-order valence-electron chi connectivity index (χ2n) is 4.62. The van der Waals surface area contributed by atoms with E-state index in [1.807, 2.05) is 32.0 Å². The zero-order valence-electron chi connectivity index (χ0n) is 12.2. The fourth-order valence-corrected chi connectivity index (χ4v) is 1.69. The number of hydrogen-bond donors (Lipinski definition) is 2. The van der Waals surface area contributed by atoms with E-state index in [1.54, 1.807) is 7.11 Å². The van der Waals surface area contributed by atoms with Crippen LogP contribution in [0, 0.1) is 18.8 Å². The van der Waals surface area contributed by atoms with Crippen molar-refractivity contribution in [2.24, 2.45) is 0 Å². The summed E-state index contributed by atoms with van der Waals surface area (Å²) in [6.45, 7) is 3.69. The predicted molar refractivity (Wildman–Crippen MR) is 79.5 cm³/mol. The smallest absolute Gasteiger partial charge is 0.224 e. The fraction of sp³-hybridized carbons (Fsp3) is 0.438. The van der Waals surface area contributed by atoms with Crippen molar-refractivity contribution in [1.82, 2.24) is 0 Å². The van der Waals surface area contributed by atoms with Gasteiger partial charge in [0.2, 0.25) is 5.91 Å². The van der Waals surface area contributed by atoms with Crippen LogP contribution in [-0.2, 0) is 9.53 Å². The maximum atomic E-state index is 11.8. The van der Waals surface area contributed by atoms with Gasteiger partial charge in [-0.1, -0.05) is 11.8 Å². The van der Waals surface area contributed by atoms with Gasteiger partial charge < -0.3 is 15.2 Å². The highest BCUT2D eigenvalue weighted by molar-refractivity contribution is 5.91. The van der Waals surface area contributed by atoms with E-state index < -0.39 is 0 Å². The van der Waals surface area contributed by atoms with Gasteiger partial charge in [-0.25, -0.2) is 0 Å². The SMILES string of the molecule is COC(C)CCC(=O)Nc1ccc(C#CCO)cc1C. The van der Waals surface area contributed by atoms with Gasteiger partial charge in [0.15, 0.2) is 0 Å². The van der Waals surface area contributed by atoms with Crippen molar-refractivity contribution in [1.29, 1.82) is 0 Å². The number of nitrogens with one attached hydrogen (secondary N) is 1. The van der Waals surface area contributed by atoms with Gasteiger partial charge in [-0.15, -0.1) is 0 Å². The summed E-state index contributed by atoms with van der Waals surface area (Å²) in [5.74, 6) is 5.41. The molecule has 0 radical (unpaired) electrons. The molecule has 1 atom stereocenters. The first-order valence-corrected chi connectivity index (χ1v) is 6.60. The van der Waals surface area contributed by atoms with E-state index in [1.165, 1.54) is 0 Å². The molecule has 4 nitrogen and oxygen atoms in total. The number of aliphatic hydroxyl groups excluding tert-OH is 1. The summed E-state index contributed by atoms with van der Waals surface area (Å²) < 4.78 is 5.11. The molecule has 0 saturated carbocycles. The summed E-state index contributed by atoms with van der Waals surface area (Å²) in [5.41, 5.74) is 2.56. The monoisotopic (exact) mass is 275 g/mol. The number of ether oxygens (including phenoxy) is 1. The molecular formula is C16H21NO3. The zero-order chi connectivity index (χ0) is 15.0. The molecule has 0 saturated heterocycles. The van der Waals surface area contributed by atoms with Gasteiger partial charge in [0, 0.05) is 24.8 Å². The van der Waals surface area contributed by atoms with Crippen LogP contribution in [0.5, 0.6) is 0 Å². The standard InChI is InChI=1S/C16H21NO3/c1-12-11-14(5-4-10-18)7-8-15(12)17-16(19)9-6-13(2)20-3/h7-8,11,13,18H,6,9-10H2,1-3H3,(H,17,19). The lowest BCUT2D eigenvalue weighted by Gasteiger charge is -2.11. The Morgan fingerprint density at radius 3 is 2.85 bits per heavy atom. The van der Waals surface area contributed by atoms with E-state index in [4.69, 9.17) is 9.84 Å². The lowest BCUT2D eigenvalue weighted by Crippen LogP contribution is -2.15. The number of methoxy groups -OCH3 is 1. The van der Waals surface area contributed by atoms with Crippen molar-refractivity contribution in [3.8, 4) is 11.8 Å². The number of benzene rings is 1. The highest BCUT2D eigenvalue weighted by atomic mass is 16.5. The van der Waals surface area contributed by atoms with Crippen LogP contribution in [0.25, 0.3) is 0 Å². The summed E-state index contributed by atoms with van der Waals surface area (Å²) in [4.78, 5) is 11.8. The van der Waals surface area contributed by atoms with E-state index >= 15 is 0 Å². The average Bonchev–Trinajstić information content (AvgIpc) is 2.45. The molecule has 0 aliphatic heterocycles. The molecule has 0 bridgehead atoms. The van der Waals surface area contributed by atoms with Crippen LogP contribution >= 0.6 is 0 Å². The van der Waals surface area contributed by atoms with E-state index in [-0.39, 0.29) is 18.6 Å². The van der Waals surface area contributed by atoms with E-state index in [0.717, 1.165) is 16.8 Å².